The van der Waals surface area contributed by atoms with Crippen LogP contribution in [0.5, 0.6) is 5.75 Å². The molecule has 1 aliphatic rings. The quantitative estimate of drug-likeness (QED) is 0.732. The summed E-state index contributed by atoms with van der Waals surface area (Å²) in [6, 6.07) is 18.6. The Kier molecular flexibility index (Phi) is 6.88. The highest BCUT2D eigenvalue weighted by molar-refractivity contribution is 5.93. The number of piperidine rings is 1. The second kappa shape index (κ2) is 9.56. The van der Waals surface area contributed by atoms with Crippen LogP contribution in [-0.2, 0) is 4.79 Å². The molecule has 2 aromatic rings. The minimum Gasteiger partial charge on any atom is -0.497 e. The van der Waals surface area contributed by atoms with Crippen LogP contribution in [0.15, 0.2) is 54.6 Å². The Morgan fingerprint density at radius 3 is 2.33 bits per heavy atom. The highest BCUT2D eigenvalue weighted by Gasteiger charge is 2.22. The van der Waals surface area contributed by atoms with E-state index in [0.29, 0.717) is 12.3 Å². The van der Waals surface area contributed by atoms with E-state index in [0.717, 1.165) is 37.6 Å². The number of anilines is 1. The summed E-state index contributed by atoms with van der Waals surface area (Å²) in [5.41, 5.74) is 2.40. The highest BCUT2D eigenvalue weighted by atomic mass is 16.5. The lowest BCUT2D eigenvalue weighted by molar-refractivity contribution is -0.118. The fourth-order valence-electron chi connectivity index (χ4n) is 3.81. The summed E-state index contributed by atoms with van der Waals surface area (Å²) in [4.78, 5) is 16.8. The summed E-state index contributed by atoms with van der Waals surface area (Å²) in [7, 11) is 1.66. The summed E-state index contributed by atoms with van der Waals surface area (Å²) >= 11 is 0. The normalized spacial score (nSPS) is 15.5. The lowest BCUT2D eigenvalue weighted by Gasteiger charge is -2.34. The Morgan fingerprint density at radius 1 is 1.07 bits per heavy atom. The Labute approximate surface area is 162 Å². The van der Waals surface area contributed by atoms with Gasteiger partial charge in [-0.05, 0) is 61.7 Å². The van der Waals surface area contributed by atoms with E-state index in [4.69, 9.17) is 4.74 Å². The van der Waals surface area contributed by atoms with Crippen molar-refractivity contribution >= 4 is 11.6 Å². The predicted molar refractivity (Wildman–Crippen MR) is 110 cm³/mol. The van der Waals surface area contributed by atoms with Gasteiger partial charge in [0, 0.05) is 25.2 Å². The number of nitrogens with zero attached hydrogens (tertiary/aromatic N) is 2. The maximum Gasteiger partial charge on any atom is 0.226 e. The van der Waals surface area contributed by atoms with Gasteiger partial charge in [0.1, 0.15) is 5.75 Å². The van der Waals surface area contributed by atoms with Crippen LogP contribution in [0.25, 0.3) is 0 Å². The molecule has 1 heterocycles. The van der Waals surface area contributed by atoms with Crippen LogP contribution in [0.3, 0.4) is 0 Å². The highest BCUT2D eigenvalue weighted by Crippen LogP contribution is 2.28. The summed E-state index contributed by atoms with van der Waals surface area (Å²) in [6.07, 6.45) is 2.89. The molecule has 3 rings (SSSR count). The third kappa shape index (κ3) is 5.10. The van der Waals surface area contributed by atoms with E-state index in [1.54, 1.807) is 7.11 Å². The number of likely N-dealkylation sites (tertiary alicyclic amines) is 1. The molecule has 27 heavy (non-hydrogen) atoms. The fourth-order valence-corrected chi connectivity index (χ4v) is 3.81. The van der Waals surface area contributed by atoms with Gasteiger partial charge in [0.05, 0.1) is 7.11 Å². The number of carbonyl (C=O) groups excluding carboxylic acids is 1. The first kappa shape index (κ1) is 19.4. The lowest BCUT2D eigenvalue weighted by atomic mass is 9.89. The van der Waals surface area contributed by atoms with E-state index in [2.05, 4.69) is 35.2 Å². The molecule has 4 nitrogen and oxygen atoms in total. The maximum atomic E-state index is 12.5. The summed E-state index contributed by atoms with van der Waals surface area (Å²) in [5, 5.41) is 0. The number of amides is 1. The van der Waals surface area contributed by atoms with E-state index in [-0.39, 0.29) is 5.91 Å². The van der Waals surface area contributed by atoms with Crippen molar-refractivity contribution in [3.63, 3.8) is 0 Å². The molecule has 0 N–H and O–H groups in total. The average molecular weight is 367 g/mol. The number of benzene rings is 2. The molecule has 0 atom stereocenters. The van der Waals surface area contributed by atoms with Crippen molar-refractivity contribution in [2.24, 2.45) is 0 Å². The van der Waals surface area contributed by atoms with Crippen molar-refractivity contribution in [3.8, 4) is 5.75 Å². The molecular weight excluding hydrogens is 336 g/mol. The number of hydrogen-bond acceptors (Lipinski definition) is 3. The molecule has 144 valence electrons. The molecule has 0 radical (unpaired) electrons. The predicted octanol–water partition coefficient (Wildman–Crippen LogP) is 4.32. The van der Waals surface area contributed by atoms with Crippen LogP contribution in [0.4, 0.5) is 5.69 Å². The molecule has 1 saturated heterocycles. The minimum absolute atomic E-state index is 0.166. The first-order valence-corrected chi connectivity index (χ1v) is 9.93. The molecule has 1 fully saturated rings. The van der Waals surface area contributed by atoms with E-state index < -0.39 is 0 Å². The third-order valence-electron chi connectivity index (χ3n) is 5.49. The van der Waals surface area contributed by atoms with E-state index in [1.165, 1.54) is 18.4 Å². The minimum atomic E-state index is 0.166. The van der Waals surface area contributed by atoms with Crippen molar-refractivity contribution in [3.05, 3.63) is 60.2 Å². The van der Waals surface area contributed by atoms with Crippen LogP contribution in [0.1, 0.15) is 37.7 Å². The second-order valence-electron chi connectivity index (χ2n) is 7.12. The fraction of sp³-hybridized carbons (Fsp3) is 0.435. The molecule has 0 aliphatic carbocycles. The Bertz CT molecular complexity index is 707. The molecule has 0 bridgehead atoms. The van der Waals surface area contributed by atoms with Crippen LogP contribution < -0.4 is 9.64 Å². The molecule has 1 aliphatic heterocycles. The van der Waals surface area contributed by atoms with Crippen LogP contribution in [0.2, 0.25) is 0 Å². The van der Waals surface area contributed by atoms with Crippen LogP contribution in [-0.4, -0.2) is 44.1 Å². The topological polar surface area (TPSA) is 32.8 Å². The van der Waals surface area contributed by atoms with Crippen molar-refractivity contribution in [1.29, 1.82) is 0 Å². The molecule has 1 amide bonds. The van der Waals surface area contributed by atoms with Gasteiger partial charge in [0.15, 0.2) is 0 Å². The van der Waals surface area contributed by atoms with Crippen LogP contribution >= 0.6 is 0 Å². The van der Waals surface area contributed by atoms with Crippen LogP contribution in [0, 0.1) is 0 Å². The zero-order valence-corrected chi connectivity index (χ0v) is 16.4. The third-order valence-corrected chi connectivity index (χ3v) is 5.49. The smallest absolute Gasteiger partial charge is 0.226 e. The van der Waals surface area contributed by atoms with Crippen molar-refractivity contribution in [1.82, 2.24) is 4.90 Å². The molecule has 4 heteroatoms. The van der Waals surface area contributed by atoms with Crippen molar-refractivity contribution in [2.75, 3.05) is 38.2 Å². The van der Waals surface area contributed by atoms with E-state index in [9.17, 15) is 4.79 Å². The first-order chi connectivity index (χ1) is 13.2. The molecule has 0 unspecified atom stereocenters. The number of carbonyl (C=O) groups is 1. The standard InChI is InChI=1S/C23H30N2O2/c1-3-23(26)25(21-9-11-22(27-2)12-10-21)18-17-24-15-13-20(14-16-24)19-7-5-4-6-8-19/h4-12,20H,3,13-18H2,1-2H3. The van der Waals surface area contributed by atoms with Gasteiger partial charge in [-0.1, -0.05) is 37.3 Å². The number of methoxy groups -OCH3 is 1. The Hall–Kier alpha value is -2.33. The molecule has 0 aromatic heterocycles. The Balaban J connectivity index is 1.55. The molecule has 0 spiro atoms. The summed E-state index contributed by atoms with van der Waals surface area (Å²) < 4.78 is 5.23. The van der Waals surface area contributed by atoms with Gasteiger partial charge >= 0.3 is 0 Å². The molecular formula is C23H30N2O2. The maximum absolute atomic E-state index is 12.5. The molecule has 2 aromatic carbocycles. The zero-order chi connectivity index (χ0) is 19.1. The largest absolute Gasteiger partial charge is 0.497 e. The summed E-state index contributed by atoms with van der Waals surface area (Å²) in [6.45, 7) is 5.76. The molecule has 0 saturated carbocycles. The van der Waals surface area contributed by atoms with E-state index in [1.807, 2.05) is 36.1 Å². The average Bonchev–Trinajstić information content (AvgIpc) is 2.75. The SMILES string of the molecule is CCC(=O)N(CCN1CCC(c2ccccc2)CC1)c1ccc(OC)cc1. The van der Waals surface area contributed by atoms with E-state index >= 15 is 0 Å². The summed E-state index contributed by atoms with van der Waals surface area (Å²) in [5.74, 6) is 1.64. The van der Waals surface area contributed by atoms with Gasteiger partial charge in [-0.3, -0.25) is 4.79 Å². The monoisotopic (exact) mass is 366 g/mol. The lowest BCUT2D eigenvalue weighted by Crippen LogP contribution is -2.41. The van der Waals surface area contributed by atoms with Gasteiger partial charge < -0.3 is 14.5 Å². The zero-order valence-electron chi connectivity index (χ0n) is 16.4. The number of rotatable bonds is 7. The van der Waals surface area contributed by atoms with Gasteiger partial charge in [-0.15, -0.1) is 0 Å². The number of ether oxygens (including phenoxy) is 1. The van der Waals surface area contributed by atoms with Crippen molar-refractivity contribution in [2.45, 2.75) is 32.1 Å². The first-order valence-electron chi connectivity index (χ1n) is 9.93. The Morgan fingerprint density at radius 2 is 1.74 bits per heavy atom. The van der Waals surface area contributed by atoms with Gasteiger partial charge in [-0.25, -0.2) is 0 Å². The second-order valence-corrected chi connectivity index (χ2v) is 7.12. The van der Waals surface area contributed by atoms with Gasteiger partial charge in [0.2, 0.25) is 5.91 Å². The van der Waals surface area contributed by atoms with Gasteiger partial charge in [-0.2, -0.15) is 0 Å². The number of hydrogen-bond donors (Lipinski definition) is 0. The van der Waals surface area contributed by atoms with Gasteiger partial charge in [0.25, 0.3) is 0 Å². The van der Waals surface area contributed by atoms with Crippen molar-refractivity contribution < 1.29 is 9.53 Å².